The summed E-state index contributed by atoms with van der Waals surface area (Å²) in [4.78, 5) is 19.9. The number of fused-ring (bicyclic) bond motifs is 1. The fraction of sp³-hybridized carbons (Fsp3) is 0.423. The first kappa shape index (κ1) is 22.0. The van der Waals surface area contributed by atoms with E-state index in [9.17, 15) is 4.79 Å². The minimum atomic E-state index is -0.0740. The average Bonchev–Trinajstić information content (AvgIpc) is 3.47. The molecule has 6 nitrogen and oxygen atoms in total. The van der Waals surface area contributed by atoms with Crippen molar-refractivity contribution < 1.29 is 4.79 Å². The second-order valence-electron chi connectivity index (χ2n) is 9.77. The molecular weight excluding hydrogens is 434 g/mol. The molecule has 0 bridgehead atoms. The van der Waals surface area contributed by atoms with E-state index in [0.29, 0.717) is 11.6 Å². The van der Waals surface area contributed by atoms with Crippen molar-refractivity contribution in [2.75, 3.05) is 6.54 Å². The Morgan fingerprint density at radius 2 is 1.94 bits per heavy atom. The Hall–Kier alpha value is -2.86. The third kappa shape index (κ3) is 4.36. The van der Waals surface area contributed by atoms with Gasteiger partial charge in [-0.25, -0.2) is 14.5 Å². The molecule has 1 aliphatic carbocycles. The van der Waals surface area contributed by atoms with Crippen LogP contribution in [0.1, 0.15) is 74.1 Å². The van der Waals surface area contributed by atoms with Gasteiger partial charge in [0.25, 0.3) is 0 Å². The van der Waals surface area contributed by atoms with Gasteiger partial charge in [-0.15, -0.1) is 0 Å². The maximum Gasteiger partial charge on any atom is 0.318 e. The summed E-state index contributed by atoms with van der Waals surface area (Å²) in [5, 5.41) is 8.50. The summed E-state index contributed by atoms with van der Waals surface area (Å²) in [7, 11) is 0. The third-order valence-electron chi connectivity index (χ3n) is 7.12. The zero-order valence-electron chi connectivity index (χ0n) is 19.2. The highest BCUT2D eigenvalue weighted by atomic mass is 35.5. The van der Waals surface area contributed by atoms with Crippen molar-refractivity contribution in [3.8, 4) is 0 Å². The number of rotatable bonds is 4. The van der Waals surface area contributed by atoms with Gasteiger partial charge in [-0.05, 0) is 59.9 Å². The van der Waals surface area contributed by atoms with Gasteiger partial charge in [0.1, 0.15) is 12.2 Å². The summed E-state index contributed by atoms with van der Waals surface area (Å²) in [5.74, 6) is 0.836. The molecule has 0 radical (unpaired) electrons. The quantitative estimate of drug-likeness (QED) is 0.544. The van der Waals surface area contributed by atoms with Gasteiger partial charge < -0.3 is 10.2 Å². The lowest BCUT2D eigenvalue weighted by Gasteiger charge is -2.38. The van der Waals surface area contributed by atoms with E-state index in [4.69, 9.17) is 11.6 Å². The van der Waals surface area contributed by atoms with Crippen molar-refractivity contribution in [1.82, 2.24) is 25.0 Å². The zero-order valence-corrected chi connectivity index (χ0v) is 19.9. The van der Waals surface area contributed by atoms with Crippen LogP contribution in [0.15, 0.2) is 54.9 Å². The van der Waals surface area contributed by atoms with Crippen LogP contribution in [0.5, 0.6) is 0 Å². The summed E-state index contributed by atoms with van der Waals surface area (Å²) in [6, 6.07) is 16.2. The fourth-order valence-electron chi connectivity index (χ4n) is 5.29. The molecule has 0 saturated carbocycles. The average molecular weight is 464 g/mol. The molecule has 1 aromatic heterocycles. The molecule has 7 heteroatoms. The molecule has 2 atom stereocenters. The number of benzene rings is 2. The summed E-state index contributed by atoms with van der Waals surface area (Å²) in [6.07, 6.45) is 5.43. The first-order valence-electron chi connectivity index (χ1n) is 11.7. The van der Waals surface area contributed by atoms with Gasteiger partial charge in [0.05, 0.1) is 18.6 Å². The molecular formula is C26H30ClN5O. The summed E-state index contributed by atoms with van der Waals surface area (Å²) >= 11 is 6.02. The van der Waals surface area contributed by atoms with E-state index in [2.05, 4.69) is 53.5 Å². The number of aromatic nitrogens is 3. The minimum Gasteiger partial charge on any atom is -0.331 e. The van der Waals surface area contributed by atoms with Gasteiger partial charge in [-0.3, -0.25) is 0 Å². The van der Waals surface area contributed by atoms with Gasteiger partial charge in [0.2, 0.25) is 0 Å². The molecule has 33 heavy (non-hydrogen) atoms. The number of urea groups is 1. The molecule has 1 saturated heterocycles. The van der Waals surface area contributed by atoms with Crippen LogP contribution in [-0.4, -0.2) is 32.2 Å². The Bertz CT molecular complexity index is 1140. The highest BCUT2D eigenvalue weighted by molar-refractivity contribution is 6.30. The number of nitrogens with one attached hydrogen (secondary N) is 1. The second kappa shape index (κ2) is 8.82. The zero-order chi connectivity index (χ0) is 23.0. The molecule has 1 fully saturated rings. The largest absolute Gasteiger partial charge is 0.331 e. The monoisotopic (exact) mass is 463 g/mol. The van der Waals surface area contributed by atoms with Crippen LogP contribution in [0.2, 0.25) is 5.02 Å². The number of nitrogens with zero attached hydrogens (tertiary/aromatic N) is 4. The van der Waals surface area contributed by atoms with Crippen molar-refractivity contribution in [3.05, 3.63) is 82.4 Å². The Kier molecular flexibility index (Phi) is 5.87. The molecule has 2 aromatic carbocycles. The van der Waals surface area contributed by atoms with E-state index in [1.807, 2.05) is 33.8 Å². The topological polar surface area (TPSA) is 63.1 Å². The molecule has 2 amide bonds. The van der Waals surface area contributed by atoms with Gasteiger partial charge in [0.15, 0.2) is 0 Å². The third-order valence-corrected chi connectivity index (χ3v) is 7.38. The van der Waals surface area contributed by atoms with Crippen LogP contribution in [0.25, 0.3) is 0 Å². The molecule has 0 unspecified atom stereocenters. The molecule has 5 rings (SSSR count). The number of hydrogen-bond acceptors (Lipinski definition) is 3. The number of halogens is 1. The Balaban J connectivity index is 1.33. The Morgan fingerprint density at radius 1 is 1.15 bits per heavy atom. The number of likely N-dealkylation sites (tertiary alicyclic amines) is 1. The van der Waals surface area contributed by atoms with E-state index < -0.39 is 0 Å². The van der Waals surface area contributed by atoms with E-state index >= 15 is 0 Å². The number of carbonyl (C=O) groups excluding carboxylic acids is 1. The highest BCUT2D eigenvalue weighted by Crippen LogP contribution is 2.41. The summed E-state index contributed by atoms with van der Waals surface area (Å²) in [5.41, 5.74) is 3.80. The van der Waals surface area contributed by atoms with Gasteiger partial charge in [-0.2, -0.15) is 5.10 Å². The lowest BCUT2D eigenvalue weighted by atomic mass is 9.71. The molecule has 3 aromatic rings. The maximum atomic E-state index is 13.4. The molecule has 1 aliphatic heterocycles. The van der Waals surface area contributed by atoms with E-state index in [1.165, 1.54) is 11.1 Å². The predicted octanol–water partition coefficient (Wildman–Crippen LogP) is 5.64. The second-order valence-corrected chi connectivity index (χ2v) is 10.2. The van der Waals surface area contributed by atoms with Crippen molar-refractivity contribution >= 4 is 17.6 Å². The Morgan fingerprint density at radius 3 is 2.76 bits per heavy atom. The van der Waals surface area contributed by atoms with E-state index in [1.54, 1.807) is 6.33 Å². The van der Waals surface area contributed by atoms with Crippen molar-refractivity contribution in [2.24, 2.45) is 0 Å². The maximum absolute atomic E-state index is 13.4. The SMILES string of the molecule is CC1(C)CC[C@H](NC(=O)N2CCC[C@@H]2c2ncnn2Cc2ccc(Cl)cc2)c2ccccc21. The van der Waals surface area contributed by atoms with E-state index in [0.717, 1.165) is 43.6 Å². The predicted molar refractivity (Wildman–Crippen MR) is 129 cm³/mol. The van der Waals surface area contributed by atoms with Crippen LogP contribution in [-0.2, 0) is 12.0 Å². The van der Waals surface area contributed by atoms with Crippen LogP contribution in [0.4, 0.5) is 4.79 Å². The standard InChI is InChI=1S/C26H30ClN5O/c1-26(2)14-13-22(20-6-3-4-7-21(20)26)30-25(33)31-15-5-8-23(31)24-28-17-29-32(24)16-18-9-11-19(27)12-10-18/h3-4,6-7,9-12,17,22-23H,5,8,13-16H2,1-2H3,(H,30,33)/t22-,23+/m0/s1. The van der Waals surface area contributed by atoms with Gasteiger partial charge in [0, 0.05) is 11.6 Å². The Labute approximate surface area is 200 Å². The fourth-order valence-corrected chi connectivity index (χ4v) is 5.41. The van der Waals surface area contributed by atoms with Crippen LogP contribution in [0.3, 0.4) is 0 Å². The smallest absolute Gasteiger partial charge is 0.318 e. The van der Waals surface area contributed by atoms with Crippen molar-refractivity contribution in [3.63, 3.8) is 0 Å². The number of amides is 2. The highest BCUT2D eigenvalue weighted by Gasteiger charge is 2.37. The summed E-state index contributed by atoms with van der Waals surface area (Å²) in [6.45, 7) is 5.90. The van der Waals surface area contributed by atoms with Crippen LogP contribution >= 0.6 is 11.6 Å². The van der Waals surface area contributed by atoms with Crippen LogP contribution in [0, 0.1) is 0 Å². The first-order chi connectivity index (χ1) is 15.9. The van der Waals surface area contributed by atoms with Gasteiger partial charge in [-0.1, -0.05) is 61.8 Å². The normalized spacial score (nSPS) is 21.6. The first-order valence-corrected chi connectivity index (χ1v) is 12.1. The minimum absolute atomic E-state index is 0.0157. The van der Waals surface area contributed by atoms with Crippen molar-refractivity contribution in [1.29, 1.82) is 0 Å². The molecule has 1 N–H and O–H groups in total. The van der Waals surface area contributed by atoms with E-state index in [-0.39, 0.29) is 23.5 Å². The van der Waals surface area contributed by atoms with Gasteiger partial charge >= 0.3 is 6.03 Å². The number of carbonyl (C=O) groups is 1. The van der Waals surface area contributed by atoms with Crippen LogP contribution < -0.4 is 5.32 Å². The number of hydrogen-bond donors (Lipinski definition) is 1. The lowest BCUT2D eigenvalue weighted by molar-refractivity contribution is 0.183. The molecule has 172 valence electrons. The van der Waals surface area contributed by atoms with Crippen molar-refractivity contribution in [2.45, 2.75) is 63.6 Å². The lowest BCUT2D eigenvalue weighted by Crippen LogP contribution is -2.43. The summed E-state index contributed by atoms with van der Waals surface area (Å²) < 4.78 is 1.90. The molecule has 2 aliphatic rings. The molecule has 0 spiro atoms. The molecule has 2 heterocycles.